The summed E-state index contributed by atoms with van der Waals surface area (Å²) >= 11 is 1.68. The van der Waals surface area contributed by atoms with Crippen molar-refractivity contribution in [2.24, 2.45) is 5.73 Å². The number of aryl methyl sites for hydroxylation is 1. The highest BCUT2D eigenvalue weighted by molar-refractivity contribution is 7.09. The lowest BCUT2D eigenvalue weighted by molar-refractivity contribution is 0.320. The Morgan fingerprint density at radius 3 is 2.81 bits per heavy atom. The van der Waals surface area contributed by atoms with Crippen LogP contribution in [0.15, 0.2) is 41.9 Å². The molecule has 1 heterocycles. The molecule has 1 aromatic heterocycles. The van der Waals surface area contributed by atoms with Crippen LogP contribution in [0.5, 0.6) is 5.75 Å². The first-order valence-corrected chi connectivity index (χ1v) is 7.90. The lowest BCUT2D eigenvalue weighted by Crippen LogP contribution is -2.06. The van der Waals surface area contributed by atoms with Crippen molar-refractivity contribution < 1.29 is 4.74 Å². The van der Waals surface area contributed by atoms with E-state index >= 15 is 0 Å². The fourth-order valence-corrected chi connectivity index (χ4v) is 3.24. The largest absolute Gasteiger partial charge is 0.493 e. The van der Waals surface area contributed by atoms with Crippen molar-refractivity contribution in [3.63, 3.8) is 0 Å². The summed E-state index contributed by atoms with van der Waals surface area (Å²) in [5.41, 5.74) is 9.98. The van der Waals surface area contributed by atoms with Crippen molar-refractivity contribution in [3.05, 3.63) is 58.0 Å². The molecule has 2 aromatic carbocycles. The van der Waals surface area contributed by atoms with E-state index in [1.165, 1.54) is 15.6 Å². The molecule has 3 aromatic rings. The van der Waals surface area contributed by atoms with Gasteiger partial charge in [0, 0.05) is 23.4 Å². The van der Waals surface area contributed by atoms with E-state index in [1.54, 1.807) is 11.3 Å². The normalized spacial score (nSPS) is 11.0. The maximum Gasteiger partial charge on any atom is 0.124 e. The van der Waals surface area contributed by atoms with Gasteiger partial charge in [0.05, 0.1) is 17.8 Å². The zero-order chi connectivity index (χ0) is 14.7. The van der Waals surface area contributed by atoms with Crippen LogP contribution in [-0.4, -0.2) is 11.6 Å². The highest BCUT2D eigenvalue weighted by Crippen LogP contribution is 2.28. The van der Waals surface area contributed by atoms with Crippen molar-refractivity contribution in [1.82, 2.24) is 4.98 Å². The molecule has 0 spiro atoms. The first-order valence-electron chi connectivity index (χ1n) is 7.02. The Hall–Kier alpha value is -1.91. The van der Waals surface area contributed by atoms with Crippen LogP contribution < -0.4 is 10.5 Å². The number of fused-ring (bicyclic) bond motifs is 1. The van der Waals surface area contributed by atoms with Gasteiger partial charge in [-0.15, -0.1) is 11.3 Å². The number of nitrogens with zero attached hydrogens (tertiary/aromatic N) is 1. The molecule has 0 unspecified atom stereocenters. The molecule has 3 nitrogen and oxygen atoms in total. The molecule has 0 aliphatic carbocycles. The first kappa shape index (κ1) is 14.0. The van der Waals surface area contributed by atoms with Crippen LogP contribution in [0.4, 0.5) is 0 Å². The number of rotatable bonds is 5. The summed E-state index contributed by atoms with van der Waals surface area (Å²) in [4.78, 5) is 5.54. The van der Waals surface area contributed by atoms with Crippen molar-refractivity contribution >= 4 is 22.1 Å². The van der Waals surface area contributed by atoms with E-state index in [-0.39, 0.29) is 0 Å². The molecule has 0 fully saturated rings. The van der Waals surface area contributed by atoms with Gasteiger partial charge < -0.3 is 10.5 Å². The highest BCUT2D eigenvalue weighted by atomic mass is 32.1. The average Bonchev–Trinajstić information content (AvgIpc) is 2.92. The van der Waals surface area contributed by atoms with Gasteiger partial charge in [0.1, 0.15) is 5.75 Å². The minimum Gasteiger partial charge on any atom is -0.493 e. The Bertz CT molecular complexity index is 751. The van der Waals surface area contributed by atoms with Crippen molar-refractivity contribution in [2.45, 2.75) is 19.9 Å². The summed E-state index contributed by atoms with van der Waals surface area (Å²) in [6.07, 6.45) is 0.882. The zero-order valence-corrected chi connectivity index (χ0v) is 12.8. The second-order valence-corrected chi connectivity index (χ2v) is 5.87. The van der Waals surface area contributed by atoms with Crippen molar-refractivity contribution in [1.29, 1.82) is 0 Å². The molecule has 108 valence electrons. The highest BCUT2D eigenvalue weighted by Gasteiger charge is 2.08. The molecule has 4 heteroatoms. The summed E-state index contributed by atoms with van der Waals surface area (Å²) in [6, 6.07) is 12.4. The number of ether oxygens (including phenoxy) is 1. The summed E-state index contributed by atoms with van der Waals surface area (Å²) in [7, 11) is 0. The molecule has 0 saturated heterocycles. The van der Waals surface area contributed by atoms with Gasteiger partial charge in [-0.05, 0) is 23.8 Å². The van der Waals surface area contributed by atoms with Crippen LogP contribution in [0.1, 0.15) is 16.1 Å². The predicted molar refractivity (Wildman–Crippen MR) is 87.9 cm³/mol. The van der Waals surface area contributed by atoms with Gasteiger partial charge in [-0.3, -0.25) is 0 Å². The maximum atomic E-state index is 5.96. The molecule has 0 radical (unpaired) electrons. The van der Waals surface area contributed by atoms with E-state index in [4.69, 9.17) is 10.5 Å². The number of hydrogen-bond acceptors (Lipinski definition) is 4. The summed E-state index contributed by atoms with van der Waals surface area (Å²) in [5, 5.41) is 2.37. The number of nitrogens with two attached hydrogens (primary N) is 1. The van der Waals surface area contributed by atoms with Crippen LogP contribution in [0, 0.1) is 6.92 Å². The molecule has 0 aliphatic heterocycles. The van der Waals surface area contributed by atoms with Gasteiger partial charge in [-0.1, -0.05) is 30.3 Å². The van der Waals surface area contributed by atoms with Crippen LogP contribution in [-0.2, 0) is 13.0 Å². The van der Waals surface area contributed by atoms with Crippen LogP contribution in [0.3, 0.4) is 0 Å². The summed E-state index contributed by atoms with van der Waals surface area (Å²) in [5.74, 6) is 0.887. The van der Waals surface area contributed by atoms with E-state index < -0.39 is 0 Å². The molecule has 2 N–H and O–H groups in total. The third-order valence-corrected chi connectivity index (χ3v) is 4.63. The number of aromatic nitrogens is 1. The quantitative estimate of drug-likeness (QED) is 0.781. The SMILES string of the molecule is Cc1ncsc1CCOc1ccc2ccccc2c1CN. The lowest BCUT2D eigenvalue weighted by Gasteiger charge is -2.13. The Labute approximate surface area is 128 Å². The van der Waals surface area contributed by atoms with Crippen LogP contribution in [0.25, 0.3) is 10.8 Å². The summed E-state index contributed by atoms with van der Waals surface area (Å²) in [6.45, 7) is 3.16. The molecule has 0 bridgehead atoms. The molecule has 3 rings (SSSR count). The third kappa shape index (κ3) is 2.91. The Morgan fingerprint density at radius 1 is 1.19 bits per heavy atom. The number of benzene rings is 2. The zero-order valence-electron chi connectivity index (χ0n) is 12.0. The number of hydrogen-bond donors (Lipinski definition) is 1. The van der Waals surface area contributed by atoms with Crippen LogP contribution in [0.2, 0.25) is 0 Å². The van der Waals surface area contributed by atoms with Gasteiger partial charge in [-0.2, -0.15) is 0 Å². The first-order chi connectivity index (χ1) is 10.3. The Balaban J connectivity index is 1.79. The fraction of sp³-hybridized carbons (Fsp3) is 0.235. The average molecular weight is 298 g/mol. The Kier molecular flexibility index (Phi) is 4.18. The smallest absolute Gasteiger partial charge is 0.124 e. The molecule has 21 heavy (non-hydrogen) atoms. The molecule has 0 aliphatic rings. The van der Waals surface area contributed by atoms with Gasteiger partial charge >= 0.3 is 0 Å². The van der Waals surface area contributed by atoms with Crippen LogP contribution >= 0.6 is 11.3 Å². The lowest BCUT2D eigenvalue weighted by atomic mass is 10.0. The van der Waals surface area contributed by atoms with Crippen molar-refractivity contribution in [3.8, 4) is 5.75 Å². The second-order valence-electron chi connectivity index (χ2n) is 4.93. The predicted octanol–water partition coefficient (Wildman–Crippen LogP) is 3.68. The topological polar surface area (TPSA) is 48.1 Å². The monoisotopic (exact) mass is 298 g/mol. The molecule has 0 saturated carbocycles. The molecular weight excluding hydrogens is 280 g/mol. The van der Waals surface area contributed by atoms with Gasteiger partial charge in [0.15, 0.2) is 0 Å². The molecule has 0 amide bonds. The van der Waals surface area contributed by atoms with E-state index in [2.05, 4.69) is 23.2 Å². The fourth-order valence-electron chi connectivity index (χ4n) is 2.48. The Morgan fingerprint density at radius 2 is 2.05 bits per heavy atom. The maximum absolute atomic E-state index is 5.96. The standard InChI is InChI=1S/C17H18N2OS/c1-12-17(21-11-19-12)8-9-20-16-7-6-13-4-2-3-5-14(13)15(16)10-18/h2-7,11H,8-10,18H2,1H3. The van der Waals surface area contributed by atoms with E-state index in [0.29, 0.717) is 13.2 Å². The van der Waals surface area contributed by atoms with Gasteiger partial charge in [0.25, 0.3) is 0 Å². The summed E-state index contributed by atoms with van der Waals surface area (Å²) < 4.78 is 5.96. The second kappa shape index (κ2) is 6.24. The molecule has 0 atom stereocenters. The van der Waals surface area contributed by atoms with Gasteiger partial charge in [0.2, 0.25) is 0 Å². The third-order valence-electron chi connectivity index (χ3n) is 3.63. The van der Waals surface area contributed by atoms with E-state index in [9.17, 15) is 0 Å². The van der Waals surface area contributed by atoms with Crippen molar-refractivity contribution in [2.75, 3.05) is 6.61 Å². The van der Waals surface area contributed by atoms with E-state index in [0.717, 1.165) is 23.4 Å². The number of thiazole rings is 1. The van der Waals surface area contributed by atoms with E-state index in [1.807, 2.05) is 30.6 Å². The minimum absolute atomic E-state index is 0.482. The molecular formula is C17H18N2OS. The minimum atomic E-state index is 0.482. The van der Waals surface area contributed by atoms with Gasteiger partial charge in [-0.25, -0.2) is 4.98 Å².